The van der Waals surface area contributed by atoms with E-state index in [9.17, 15) is 9.59 Å². The maximum absolute atomic E-state index is 11.8. The molecule has 140 valence electrons. The predicted octanol–water partition coefficient (Wildman–Crippen LogP) is 0.432. The van der Waals surface area contributed by atoms with Crippen molar-refractivity contribution in [2.45, 2.75) is 18.9 Å². The first kappa shape index (κ1) is 16.4. The quantitative estimate of drug-likeness (QED) is 0.512. The van der Waals surface area contributed by atoms with Gasteiger partial charge in [0.15, 0.2) is 5.65 Å². The Morgan fingerprint density at radius 1 is 1.19 bits per heavy atom. The molecule has 0 atom stereocenters. The highest BCUT2D eigenvalue weighted by molar-refractivity contribution is 7.99. The summed E-state index contributed by atoms with van der Waals surface area (Å²) in [6.45, 7) is 1.79. The van der Waals surface area contributed by atoms with Crippen LogP contribution in [-0.2, 0) is 4.79 Å². The van der Waals surface area contributed by atoms with Crippen molar-refractivity contribution in [3.05, 3.63) is 17.5 Å². The fourth-order valence-electron chi connectivity index (χ4n) is 3.03. The van der Waals surface area contributed by atoms with Crippen LogP contribution in [0, 0.1) is 0 Å². The minimum absolute atomic E-state index is 0.182. The van der Waals surface area contributed by atoms with Crippen molar-refractivity contribution in [3.8, 4) is 0 Å². The number of fused-ring (bicyclic) bond motifs is 1. The van der Waals surface area contributed by atoms with Gasteiger partial charge >= 0.3 is 6.03 Å². The zero-order valence-electron chi connectivity index (χ0n) is 14.4. The normalized spacial score (nSPS) is 21.6. The molecule has 0 unspecified atom stereocenters. The first-order valence-electron chi connectivity index (χ1n) is 8.86. The predicted molar refractivity (Wildman–Crippen MR) is 102 cm³/mol. The van der Waals surface area contributed by atoms with Gasteiger partial charge < -0.3 is 15.5 Å². The third kappa shape index (κ3) is 3.18. The van der Waals surface area contributed by atoms with Gasteiger partial charge in [0, 0.05) is 36.2 Å². The molecule has 2 saturated heterocycles. The van der Waals surface area contributed by atoms with Crippen molar-refractivity contribution < 1.29 is 9.59 Å². The molecule has 0 spiro atoms. The second-order valence-electron chi connectivity index (χ2n) is 6.67. The Hall–Kier alpha value is -2.82. The fourth-order valence-corrected chi connectivity index (χ4v) is 3.93. The van der Waals surface area contributed by atoms with E-state index in [0.29, 0.717) is 29.1 Å². The van der Waals surface area contributed by atoms with Gasteiger partial charge in [0.05, 0.1) is 6.20 Å². The molecule has 0 aromatic carbocycles. The molecule has 4 heterocycles. The number of rotatable bonds is 4. The Bertz CT molecular complexity index is 961. The molecule has 2 aromatic heterocycles. The number of thioether (sulfide) groups is 1. The van der Waals surface area contributed by atoms with Crippen molar-refractivity contribution in [1.29, 1.82) is 0 Å². The Kier molecular flexibility index (Phi) is 3.88. The smallest absolute Gasteiger partial charge is 0.326 e. The lowest BCUT2D eigenvalue weighted by Gasteiger charge is -2.26. The van der Waals surface area contributed by atoms with Gasteiger partial charge in [-0.3, -0.25) is 10.1 Å². The number of carbonyl (C=O) groups excluding carboxylic acids is 2. The summed E-state index contributed by atoms with van der Waals surface area (Å²) < 4.78 is 1.65. The lowest BCUT2D eigenvalue weighted by atomic mass is 10.2. The number of carbonyl (C=O) groups is 2. The van der Waals surface area contributed by atoms with Gasteiger partial charge in [0.25, 0.3) is 5.91 Å². The van der Waals surface area contributed by atoms with E-state index in [1.54, 1.807) is 16.8 Å². The van der Waals surface area contributed by atoms with E-state index < -0.39 is 11.9 Å². The van der Waals surface area contributed by atoms with Crippen molar-refractivity contribution in [2.24, 2.45) is 0 Å². The number of nitrogens with zero attached hydrogens (tertiary/aromatic N) is 5. The second-order valence-corrected chi connectivity index (χ2v) is 7.89. The Labute approximate surface area is 158 Å². The van der Waals surface area contributed by atoms with Gasteiger partial charge in [0.2, 0.25) is 11.9 Å². The van der Waals surface area contributed by atoms with Gasteiger partial charge in [-0.2, -0.15) is 31.3 Å². The third-order valence-corrected chi connectivity index (χ3v) is 5.55. The van der Waals surface area contributed by atoms with Crippen LogP contribution in [0.25, 0.3) is 11.7 Å². The van der Waals surface area contributed by atoms with Crippen LogP contribution >= 0.6 is 11.8 Å². The number of hydrogen-bond acceptors (Lipinski definition) is 8. The zero-order chi connectivity index (χ0) is 18.4. The van der Waals surface area contributed by atoms with Crippen LogP contribution in [0.1, 0.15) is 18.4 Å². The SMILES string of the molecule is O=C1NC(=O)/C(=C/c2cnn3c(NC4CC4)nc(N4CCSCC4)nc23)N1. The van der Waals surface area contributed by atoms with E-state index >= 15 is 0 Å². The van der Waals surface area contributed by atoms with E-state index in [2.05, 4.69) is 25.9 Å². The van der Waals surface area contributed by atoms with Gasteiger partial charge in [0.1, 0.15) is 5.70 Å². The maximum atomic E-state index is 11.8. The molecule has 10 nitrogen and oxygen atoms in total. The molecule has 3 aliphatic rings. The minimum atomic E-state index is -0.528. The van der Waals surface area contributed by atoms with E-state index in [0.717, 1.165) is 37.4 Å². The van der Waals surface area contributed by atoms with Gasteiger partial charge in [-0.15, -0.1) is 0 Å². The average molecular weight is 386 g/mol. The third-order valence-electron chi connectivity index (χ3n) is 4.61. The molecule has 1 saturated carbocycles. The first-order valence-corrected chi connectivity index (χ1v) is 10.0. The molecule has 11 heteroatoms. The number of amides is 3. The Balaban J connectivity index is 1.58. The van der Waals surface area contributed by atoms with Crippen LogP contribution in [-0.4, -0.2) is 62.2 Å². The van der Waals surface area contributed by atoms with E-state index in [4.69, 9.17) is 9.97 Å². The van der Waals surface area contributed by atoms with Gasteiger partial charge in [-0.05, 0) is 18.9 Å². The summed E-state index contributed by atoms with van der Waals surface area (Å²) >= 11 is 1.92. The molecule has 2 aliphatic heterocycles. The van der Waals surface area contributed by atoms with Crippen molar-refractivity contribution in [3.63, 3.8) is 0 Å². The summed E-state index contributed by atoms with van der Waals surface area (Å²) in [5, 5.41) is 12.5. The molecule has 3 fully saturated rings. The average Bonchev–Trinajstić information content (AvgIpc) is 3.31. The molecule has 1 aliphatic carbocycles. The van der Waals surface area contributed by atoms with Crippen LogP contribution in [0.2, 0.25) is 0 Å². The summed E-state index contributed by atoms with van der Waals surface area (Å²) in [6.07, 6.45) is 5.45. The van der Waals surface area contributed by atoms with Crippen molar-refractivity contribution in [1.82, 2.24) is 30.2 Å². The number of nitrogens with one attached hydrogen (secondary N) is 3. The summed E-state index contributed by atoms with van der Waals surface area (Å²) in [5.41, 5.74) is 1.43. The molecule has 3 N–H and O–H groups in total. The monoisotopic (exact) mass is 386 g/mol. The number of imide groups is 1. The topological polar surface area (TPSA) is 117 Å². The summed E-state index contributed by atoms with van der Waals surface area (Å²) in [7, 11) is 0. The van der Waals surface area contributed by atoms with Crippen LogP contribution < -0.4 is 20.9 Å². The first-order chi connectivity index (χ1) is 13.2. The van der Waals surface area contributed by atoms with E-state index in [1.165, 1.54) is 0 Å². The summed E-state index contributed by atoms with van der Waals surface area (Å²) in [4.78, 5) is 34.8. The number of hydrogen-bond donors (Lipinski definition) is 3. The van der Waals surface area contributed by atoms with Gasteiger partial charge in [-0.25, -0.2) is 4.79 Å². The Morgan fingerprint density at radius 2 is 2.00 bits per heavy atom. The lowest BCUT2D eigenvalue weighted by Crippen LogP contribution is -2.34. The summed E-state index contributed by atoms with van der Waals surface area (Å²) in [5.74, 6) is 2.94. The number of aromatic nitrogens is 4. The molecule has 0 bridgehead atoms. The van der Waals surface area contributed by atoms with Crippen molar-refractivity contribution in [2.75, 3.05) is 34.8 Å². The molecular formula is C16H18N8O2S. The number of anilines is 2. The zero-order valence-corrected chi connectivity index (χ0v) is 15.3. The molecule has 2 aromatic rings. The number of urea groups is 1. The van der Waals surface area contributed by atoms with Crippen LogP contribution in [0.3, 0.4) is 0 Å². The standard InChI is InChI=1S/C16H18N8O2S/c25-13-11(19-16(26)21-13)7-9-8-17-24-12(9)20-14(23-3-5-27-6-4-23)22-15(24)18-10-1-2-10/h7-8,10H,1-6H2,(H,18,20,22)(H2,19,21,25,26)/b11-7-. The fraction of sp³-hybridized carbons (Fsp3) is 0.438. The Morgan fingerprint density at radius 3 is 2.70 bits per heavy atom. The highest BCUT2D eigenvalue weighted by Gasteiger charge is 2.26. The second kappa shape index (κ2) is 6.41. The van der Waals surface area contributed by atoms with Crippen LogP contribution in [0.5, 0.6) is 0 Å². The van der Waals surface area contributed by atoms with Gasteiger partial charge in [-0.1, -0.05) is 0 Å². The summed E-state index contributed by atoms with van der Waals surface area (Å²) in [6, 6.07) is -0.112. The largest absolute Gasteiger partial charge is 0.351 e. The molecule has 5 rings (SSSR count). The van der Waals surface area contributed by atoms with E-state index in [-0.39, 0.29) is 5.70 Å². The maximum Gasteiger partial charge on any atom is 0.326 e. The minimum Gasteiger partial charge on any atom is -0.351 e. The molecular weight excluding hydrogens is 368 g/mol. The van der Waals surface area contributed by atoms with Crippen LogP contribution in [0.15, 0.2) is 11.9 Å². The molecule has 0 radical (unpaired) electrons. The molecule has 27 heavy (non-hydrogen) atoms. The van der Waals surface area contributed by atoms with Crippen molar-refractivity contribution >= 4 is 47.3 Å². The van der Waals surface area contributed by atoms with E-state index in [1.807, 2.05) is 11.8 Å². The highest BCUT2D eigenvalue weighted by Crippen LogP contribution is 2.27. The van der Waals surface area contributed by atoms with Crippen LogP contribution in [0.4, 0.5) is 16.7 Å². The highest BCUT2D eigenvalue weighted by atomic mass is 32.2. The lowest BCUT2D eigenvalue weighted by molar-refractivity contribution is -0.115. The molecule has 3 amide bonds.